The van der Waals surface area contributed by atoms with E-state index >= 15 is 0 Å². The third kappa shape index (κ3) is 3.25. The SMILES string of the molecule is CC(C)c1ccc2c(=O)n(CCC3CCCCN3)ccc2c1. The predicted molar refractivity (Wildman–Crippen MR) is 92.6 cm³/mol. The lowest BCUT2D eigenvalue weighted by Crippen LogP contribution is -2.35. The summed E-state index contributed by atoms with van der Waals surface area (Å²) in [6.45, 7) is 6.28. The van der Waals surface area contributed by atoms with E-state index in [-0.39, 0.29) is 5.56 Å². The molecule has 0 bridgehead atoms. The minimum absolute atomic E-state index is 0.142. The second-order valence-electron chi connectivity index (χ2n) is 6.75. The molecule has 0 amide bonds. The summed E-state index contributed by atoms with van der Waals surface area (Å²) in [6, 6.07) is 8.87. The molecule has 1 atom stereocenters. The van der Waals surface area contributed by atoms with Crippen LogP contribution in [0.15, 0.2) is 35.3 Å². The van der Waals surface area contributed by atoms with E-state index in [9.17, 15) is 4.79 Å². The van der Waals surface area contributed by atoms with Crippen molar-refractivity contribution >= 4 is 10.8 Å². The number of piperidine rings is 1. The molecule has 1 N–H and O–H groups in total. The van der Waals surface area contributed by atoms with Gasteiger partial charge in [0.25, 0.3) is 5.56 Å². The Labute approximate surface area is 132 Å². The van der Waals surface area contributed by atoms with Crippen LogP contribution >= 0.6 is 0 Å². The first-order valence-corrected chi connectivity index (χ1v) is 8.51. The van der Waals surface area contributed by atoms with E-state index in [0.29, 0.717) is 12.0 Å². The lowest BCUT2D eigenvalue weighted by Gasteiger charge is -2.23. The van der Waals surface area contributed by atoms with Crippen LogP contribution in [0.25, 0.3) is 10.8 Å². The molecule has 0 aliphatic carbocycles. The van der Waals surface area contributed by atoms with Gasteiger partial charge >= 0.3 is 0 Å². The first-order chi connectivity index (χ1) is 10.6. The number of rotatable bonds is 4. The molecule has 1 aromatic carbocycles. The molecule has 0 saturated carbocycles. The Hall–Kier alpha value is -1.61. The largest absolute Gasteiger partial charge is 0.315 e. The maximum absolute atomic E-state index is 12.6. The van der Waals surface area contributed by atoms with E-state index in [1.165, 1.54) is 24.8 Å². The van der Waals surface area contributed by atoms with Crippen LogP contribution in [0, 0.1) is 0 Å². The Balaban J connectivity index is 1.80. The van der Waals surface area contributed by atoms with E-state index < -0.39 is 0 Å². The fourth-order valence-electron chi connectivity index (χ4n) is 3.31. The lowest BCUT2D eigenvalue weighted by molar-refractivity contribution is 0.365. The Morgan fingerprint density at radius 2 is 2.14 bits per heavy atom. The molecular formula is C19H26N2O. The van der Waals surface area contributed by atoms with Crippen molar-refractivity contribution in [1.29, 1.82) is 0 Å². The summed E-state index contributed by atoms with van der Waals surface area (Å²) in [4.78, 5) is 12.6. The molecule has 1 saturated heterocycles. The van der Waals surface area contributed by atoms with Gasteiger partial charge in [0.05, 0.1) is 0 Å². The average molecular weight is 298 g/mol. The van der Waals surface area contributed by atoms with E-state index in [1.807, 2.05) is 16.8 Å². The van der Waals surface area contributed by atoms with Gasteiger partial charge in [0, 0.05) is 24.2 Å². The molecule has 22 heavy (non-hydrogen) atoms. The highest BCUT2D eigenvalue weighted by Crippen LogP contribution is 2.19. The second kappa shape index (κ2) is 6.66. The Bertz CT molecular complexity index is 696. The van der Waals surface area contributed by atoms with Gasteiger partial charge < -0.3 is 9.88 Å². The number of benzene rings is 1. The summed E-state index contributed by atoms with van der Waals surface area (Å²) in [5.74, 6) is 0.490. The van der Waals surface area contributed by atoms with Crippen LogP contribution in [0.2, 0.25) is 0 Å². The second-order valence-corrected chi connectivity index (χ2v) is 6.75. The van der Waals surface area contributed by atoms with Crippen LogP contribution in [0.4, 0.5) is 0 Å². The van der Waals surface area contributed by atoms with Crippen LogP contribution in [0.3, 0.4) is 0 Å². The molecule has 1 aliphatic rings. The summed E-state index contributed by atoms with van der Waals surface area (Å²) < 4.78 is 1.87. The fourth-order valence-corrected chi connectivity index (χ4v) is 3.31. The zero-order chi connectivity index (χ0) is 15.5. The fraction of sp³-hybridized carbons (Fsp3) is 0.526. The molecule has 2 aromatic rings. The summed E-state index contributed by atoms with van der Waals surface area (Å²) in [7, 11) is 0. The molecule has 3 rings (SSSR count). The summed E-state index contributed by atoms with van der Waals surface area (Å²) in [5.41, 5.74) is 1.43. The normalized spacial score (nSPS) is 19.0. The molecule has 1 unspecified atom stereocenters. The highest BCUT2D eigenvalue weighted by atomic mass is 16.1. The molecule has 0 spiro atoms. The van der Waals surface area contributed by atoms with Crippen LogP contribution in [-0.2, 0) is 6.54 Å². The number of hydrogen-bond acceptors (Lipinski definition) is 2. The number of aryl methyl sites for hydroxylation is 1. The maximum Gasteiger partial charge on any atom is 0.258 e. The molecule has 2 heterocycles. The van der Waals surface area contributed by atoms with E-state index in [2.05, 4.69) is 37.4 Å². The van der Waals surface area contributed by atoms with Gasteiger partial charge in [-0.3, -0.25) is 4.79 Å². The van der Waals surface area contributed by atoms with Crippen LogP contribution in [0.1, 0.15) is 51.0 Å². The molecule has 3 heteroatoms. The standard InChI is InChI=1S/C19H26N2O/c1-14(2)15-6-7-18-16(13-15)8-11-21(19(18)22)12-9-17-5-3-4-10-20-17/h6-8,11,13-14,17,20H,3-5,9-10,12H2,1-2H3. The highest BCUT2D eigenvalue weighted by molar-refractivity contribution is 5.82. The summed E-state index contributed by atoms with van der Waals surface area (Å²) in [5, 5.41) is 5.45. The van der Waals surface area contributed by atoms with Crippen molar-refractivity contribution in [3.05, 3.63) is 46.4 Å². The minimum atomic E-state index is 0.142. The first-order valence-electron chi connectivity index (χ1n) is 8.51. The van der Waals surface area contributed by atoms with Gasteiger partial charge in [0.15, 0.2) is 0 Å². The monoisotopic (exact) mass is 298 g/mol. The Kier molecular flexibility index (Phi) is 4.63. The maximum atomic E-state index is 12.6. The van der Waals surface area contributed by atoms with E-state index in [4.69, 9.17) is 0 Å². The topological polar surface area (TPSA) is 34.0 Å². The van der Waals surface area contributed by atoms with Crippen LogP contribution < -0.4 is 10.9 Å². The van der Waals surface area contributed by atoms with Crippen molar-refractivity contribution < 1.29 is 0 Å². The third-order valence-corrected chi connectivity index (χ3v) is 4.80. The number of fused-ring (bicyclic) bond motifs is 1. The van der Waals surface area contributed by atoms with Crippen molar-refractivity contribution in [2.75, 3.05) is 6.54 Å². The smallest absolute Gasteiger partial charge is 0.258 e. The number of aromatic nitrogens is 1. The summed E-state index contributed by atoms with van der Waals surface area (Å²) >= 11 is 0. The molecule has 1 fully saturated rings. The molecule has 3 nitrogen and oxygen atoms in total. The van der Waals surface area contributed by atoms with Crippen molar-refractivity contribution in [3.63, 3.8) is 0 Å². The van der Waals surface area contributed by atoms with Gasteiger partial charge in [0.1, 0.15) is 0 Å². The number of pyridine rings is 1. The summed E-state index contributed by atoms with van der Waals surface area (Å²) in [6.07, 6.45) is 6.82. The van der Waals surface area contributed by atoms with Gasteiger partial charge in [-0.25, -0.2) is 0 Å². The van der Waals surface area contributed by atoms with E-state index in [1.54, 1.807) is 0 Å². The van der Waals surface area contributed by atoms with Crippen LogP contribution in [0.5, 0.6) is 0 Å². The zero-order valence-electron chi connectivity index (χ0n) is 13.6. The van der Waals surface area contributed by atoms with Gasteiger partial charge in [0.2, 0.25) is 0 Å². The van der Waals surface area contributed by atoms with Gasteiger partial charge in [-0.15, -0.1) is 0 Å². The van der Waals surface area contributed by atoms with Gasteiger partial charge in [-0.05, 0) is 54.8 Å². The number of hydrogen-bond donors (Lipinski definition) is 1. The third-order valence-electron chi connectivity index (χ3n) is 4.80. The zero-order valence-corrected chi connectivity index (χ0v) is 13.6. The Morgan fingerprint density at radius 1 is 1.27 bits per heavy atom. The van der Waals surface area contributed by atoms with Crippen molar-refractivity contribution in [1.82, 2.24) is 9.88 Å². The van der Waals surface area contributed by atoms with Crippen molar-refractivity contribution in [2.45, 2.75) is 58.0 Å². The molecular weight excluding hydrogens is 272 g/mol. The van der Waals surface area contributed by atoms with Gasteiger partial charge in [-0.2, -0.15) is 0 Å². The average Bonchev–Trinajstić information content (AvgIpc) is 2.55. The van der Waals surface area contributed by atoms with E-state index in [0.717, 1.165) is 30.3 Å². The number of nitrogens with one attached hydrogen (secondary N) is 1. The van der Waals surface area contributed by atoms with Crippen LogP contribution in [-0.4, -0.2) is 17.2 Å². The molecule has 1 aliphatic heterocycles. The molecule has 118 valence electrons. The predicted octanol–water partition coefficient (Wildman–Crippen LogP) is 3.66. The molecule has 0 radical (unpaired) electrons. The molecule has 1 aromatic heterocycles. The quantitative estimate of drug-likeness (QED) is 0.934. The number of nitrogens with zero attached hydrogens (tertiary/aromatic N) is 1. The Morgan fingerprint density at radius 3 is 2.86 bits per heavy atom. The first kappa shape index (κ1) is 15.3. The van der Waals surface area contributed by atoms with Crippen molar-refractivity contribution in [3.8, 4) is 0 Å². The highest BCUT2D eigenvalue weighted by Gasteiger charge is 2.13. The lowest BCUT2D eigenvalue weighted by atomic mass is 10.00. The van der Waals surface area contributed by atoms with Crippen molar-refractivity contribution in [2.24, 2.45) is 0 Å². The minimum Gasteiger partial charge on any atom is -0.315 e. The van der Waals surface area contributed by atoms with Gasteiger partial charge in [-0.1, -0.05) is 32.4 Å².